The van der Waals surface area contributed by atoms with Crippen LogP contribution in [-0.2, 0) is 0 Å². The zero-order valence-electron chi connectivity index (χ0n) is 11.0. The van der Waals surface area contributed by atoms with Gasteiger partial charge in [0.05, 0.1) is 5.52 Å². The van der Waals surface area contributed by atoms with Crippen molar-refractivity contribution in [1.82, 2.24) is 4.98 Å². The van der Waals surface area contributed by atoms with E-state index in [2.05, 4.69) is 4.98 Å². The van der Waals surface area contributed by atoms with Crippen LogP contribution in [0.3, 0.4) is 0 Å². The molecule has 0 aliphatic carbocycles. The second kappa shape index (κ2) is 5.48. The fourth-order valence-electron chi connectivity index (χ4n) is 2.31. The molecule has 0 fully saturated rings. The summed E-state index contributed by atoms with van der Waals surface area (Å²) in [5, 5.41) is 20.5. The Kier molecular flexibility index (Phi) is 3.64. The molecule has 0 bridgehead atoms. The second-order valence-electron chi connectivity index (χ2n) is 4.69. The molecule has 2 N–H and O–H groups in total. The fraction of sp³-hybridized carbons (Fsp3) is 0. The van der Waals surface area contributed by atoms with Crippen molar-refractivity contribution >= 4 is 40.1 Å². The largest absolute Gasteiger partial charge is 0.506 e. The van der Waals surface area contributed by atoms with E-state index in [0.717, 1.165) is 11.8 Å². The Morgan fingerprint density at radius 3 is 2.41 bits per heavy atom. The normalized spacial score (nSPS) is 10.8. The third-order valence-corrected chi connectivity index (χ3v) is 3.71. The van der Waals surface area contributed by atoms with Crippen molar-refractivity contribution in [3.05, 3.63) is 58.2 Å². The van der Waals surface area contributed by atoms with E-state index < -0.39 is 5.97 Å². The van der Waals surface area contributed by atoms with Crippen LogP contribution < -0.4 is 0 Å². The summed E-state index contributed by atoms with van der Waals surface area (Å²) in [4.78, 5) is 15.2. The smallest absolute Gasteiger partial charge is 0.341 e. The van der Waals surface area contributed by atoms with Gasteiger partial charge in [0.25, 0.3) is 0 Å². The Hall–Kier alpha value is -2.30. The number of fused-ring (bicyclic) bond motifs is 1. The minimum Gasteiger partial charge on any atom is -0.506 e. The van der Waals surface area contributed by atoms with E-state index in [1.807, 2.05) is 0 Å². The highest BCUT2D eigenvalue weighted by atomic mass is 35.5. The van der Waals surface area contributed by atoms with Crippen LogP contribution >= 0.6 is 23.2 Å². The standard InChI is InChI=1S/C16H9Cl2NO3/c17-9-4-8(5-10(18)6-9)11-2-1-3-12-14(11)19-7-13(15(12)20)16(21)22/h1-7H,(H,19,20)(H,21,22). The van der Waals surface area contributed by atoms with E-state index in [0.29, 0.717) is 26.5 Å². The van der Waals surface area contributed by atoms with Crippen LogP contribution in [0.4, 0.5) is 0 Å². The molecule has 0 aliphatic rings. The maximum atomic E-state index is 11.1. The molecule has 0 saturated carbocycles. The van der Waals surface area contributed by atoms with Crippen LogP contribution in [0.2, 0.25) is 10.0 Å². The zero-order valence-corrected chi connectivity index (χ0v) is 12.6. The third kappa shape index (κ3) is 2.47. The lowest BCUT2D eigenvalue weighted by Crippen LogP contribution is -1.99. The van der Waals surface area contributed by atoms with Crippen molar-refractivity contribution in [1.29, 1.82) is 0 Å². The van der Waals surface area contributed by atoms with Crippen LogP contribution in [0.5, 0.6) is 5.75 Å². The molecule has 0 saturated heterocycles. The van der Waals surface area contributed by atoms with Crippen molar-refractivity contribution in [3.63, 3.8) is 0 Å². The Balaban J connectivity index is 2.32. The van der Waals surface area contributed by atoms with Crippen molar-refractivity contribution < 1.29 is 15.0 Å². The summed E-state index contributed by atoms with van der Waals surface area (Å²) in [7, 11) is 0. The van der Waals surface area contributed by atoms with Crippen LogP contribution in [0.25, 0.3) is 22.0 Å². The number of hydrogen-bond acceptors (Lipinski definition) is 3. The monoisotopic (exact) mass is 333 g/mol. The number of carboxylic acid groups (broad SMARTS) is 1. The third-order valence-electron chi connectivity index (χ3n) is 3.27. The summed E-state index contributed by atoms with van der Waals surface area (Å²) in [6.45, 7) is 0. The number of rotatable bonds is 2. The average molecular weight is 334 g/mol. The van der Waals surface area contributed by atoms with Crippen LogP contribution in [0.15, 0.2) is 42.6 Å². The molecule has 3 aromatic rings. The van der Waals surface area contributed by atoms with Crippen molar-refractivity contribution in [3.8, 4) is 16.9 Å². The lowest BCUT2D eigenvalue weighted by Gasteiger charge is -2.09. The number of aromatic hydroxyl groups is 1. The molecule has 1 heterocycles. The Labute approximate surface area is 135 Å². The number of hydrogen-bond donors (Lipinski definition) is 2. The van der Waals surface area contributed by atoms with Gasteiger partial charge in [0.2, 0.25) is 0 Å². The van der Waals surface area contributed by atoms with Gasteiger partial charge in [-0.15, -0.1) is 0 Å². The van der Waals surface area contributed by atoms with Gasteiger partial charge in [-0.2, -0.15) is 0 Å². The van der Waals surface area contributed by atoms with Gasteiger partial charge < -0.3 is 10.2 Å². The van der Waals surface area contributed by atoms with Gasteiger partial charge >= 0.3 is 5.97 Å². The fourth-order valence-corrected chi connectivity index (χ4v) is 2.83. The van der Waals surface area contributed by atoms with Gasteiger partial charge in [0, 0.05) is 27.2 Å². The predicted molar refractivity (Wildman–Crippen MR) is 85.8 cm³/mol. The number of benzene rings is 2. The van der Waals surface area contributed by atoms with E-state index in [1.54, 1.807) is 36.4 Å². The first-order valence-electron chi connectivity index (χ1n) is 6.28. The Bertz CT molecular complexity index is 889. The summed E-state index contributed by atoms with van der Waals surface area (Å²) in [6.07, 6.45) is 1.13. The van der Waals surface area contributed by atoms with Gasteiger partial charge in [0.1, 0.15) is 11.3 Å². The highest BCUT2D eigenvalue weighted by molar-refractivity contribution is 6.35. The zero-order chi connectivity index (χ0) is 15.9. The number of aromatic carboxylic acids is 1. The summed E-state index contributed by atoms with van der Waals surface area (Å²) in [5.74, 6) is -1.55. The molecule has 110 valence electrons. The summed E-state index contributed by atoms with van der Waals surface area (Å²) < 4.78 is 0. The highest BCUT2D eigenvalue weighted by Gasteiger charge is 2.16. The minimum absolute atomic E-state index is 0.242. The molecule has 6 heteroatoms. The Morgan fingerprint density at radius 2 is 1.77 bits per heavy atom. The maximum Gasteiger partial charge on any atom is 0.341 e. The summed E-state index contributed by atoms with van der Waals surface area (Å²) in [6, 6.07) is 10.2. The van der Waals surface area contributed by atoms with Crippen molar-refractivity contribution in [2.24, 2.45) is 0 Å². The van der Waals surface area contributed by atoms with E-state index in [9.17, 15) is 9.90 Å². The highest BCUT2D eigenvalue weighted by Crippen LogP contribution is 2.35. The molecule has 22 heavy (non-hydrogen) atoms. The van der Waals surface area contributed by atoms with Gasteiger partial charge in [-0.1, -0.05) is 35.3 Å². The molecule has 0 aliphatic heterocycles. The van der Waals surface area contributed by atoms with Crippen LogP contribution in [0.1, 0.15) is 10.4 Å². The Morgan fingerprint density at radius 1 is 1.09 bits per heavy atom. The molecule has 1 aromatic heterocycles. The van der Waals surface area contributed by atoms with Gasteiger partial charge in [-0.3, -0.25) is 4.98 Å². The van der Waals surface area contributed by atoms with E-state index in [1.165, 1.54) is 0 Å². The first-order valence-corrected chi connectivity index (χ1v) is 7.03. The first-order chi connectivity index (χ1) is 10.5. The lowest BCUT2D eigenvalue weighted by atomic mass is 10.0. The molecule has 4 nitrogen and oxygen atoms in total. The molecular weight excluding hydrogens is 325 g/mol. The SMILES string of the molecule is O=C(O)c1cnc2c(-c3cc(Cl)cc(Cl)c3)cccc2c1O. The maximum absolute atomic E-state index is 11.1. The van der Waals surface area contributed by atoms with E-state index in [4.69, 9.17) is 28.3 Å². The van der Waals surface area contributed by atoms with Gasteiger partial charge in [-0.05, 0) is 29.8 Å². The molecular formula is C16H9Cl2NO3. The van der Waals surface area contributed by atoms with E-state index >= 15 is 0 Å². The first kappa shape index (κ1) is 14.6. The molecule has 0 spiro atoms. The molecule has 2 aromatic carbocycles. The van der Waals surface area contributed by atoms with Gasteiger partial charge in [-0.25, -0.2) is 4.79 Å². The number of nitrogens with zero attached hydrogens (tertiary/aromatic N) is 1. The van der Waals surface area contributed by atoms with Crippen molar-refractivity contribution in [2.75, 3.05) is 0 Å². The average Bonchev–Trinajstić information content (AvgIpc) is 2.45. The second-order valence-corrected chi connectivity index (χ2v) is 5.56. The number of pyridine rings is 1. The summed E-state index contributed by atoms with van der Waals surface area (Å²) in [5.41, 5.74) is 1.67. The topological polar surface area (TPSA) is 70.4 Å². The molecule has 0 radical (unpaired) electrons. The van der Waals surface area contributed by atoms with Crippen molar-refractivity contribution in [2.45, 2.75) is 0 Å². The molecule has 3 rings (SSSR count). The number of para-hydroxylation sites is 1. The van der Waals surface area contributed by atoms with Crippen LogP contribution in [-0.4, -0.2) is 21.2 Å². The molecule has 0 atom stereocenters. The number of halogens is 2. The predicted octanol–water partition coefficient (Wildman–Crippen LogP) is 4.61. The lowest BCUT2D eigenvalue weighted by molar-refractivity contribution is 0.0693. The quantitative estimate of drug-likeness (QED) is 0.718. The minimum atomic E-state index is -1.23. The molecule has 0 unspecified atom stereocenters. The van der Waals surface area contributed by atoms with Gasteiger partial charge in [0.15, 0.2) is 0 Å². The number of carbonyl (C=O) groups is 1. The number of aromatic nitrogens is 1. The number of carboxylic acids is 1. The molecule has 0 amide bonds. The van der Waals surface area contributed by atoms with Crippen LogP contribution in [0, 0.1) is 0 Å². The van der Waals surface area contributed by atoms with E-state index in [-0.39, 0.29) is 11.3 Å². The summed E-state index contributed by atoms with van der Waals surface area (Å²) >= 11 is 12.0.